The van der Waals surface area contributed by atoms with E-state index in [1.165, 1.54) is 7.11 Å². The second kappa shape index (κ2) is 7.04. The van der Waals surface area contributed by atoms with E-state index >= 15 is 0 Å². The van der Waals surface area contributed by atoms with E-state index in [1.54, 1.807) is 36.4 Å². The standard InChI is InChI=1S/C18H16N2O5/c1-11-3-8-15-14(19-11)9-16(25-15)18(22)20-12-4-6-13(7-5-12)24-10-17(21)23-2/h3-9H,10H2,1-2H3,(H,20,22). The minimum absolute atomic E-state index is 0.173. The minimum Gasteiger partial charge on any atom is -0.482 e. The Morgan fingerprint density at radius 1 is 1.16 bits per heavy atom. The number of rotatable bonds is 5. The minimum atomic E-state index is -0.467. The molecule has 1 N–H and O–H groups in total. The zero-order chi connectivity index (χ0) is 17.8. The van der Waals surface area contributed by atoms with Gasteiger partial charge in [-0.1, -0.05) is 0 Å². The molecule has 0 aliphatic carbocycles. The number of methoxy groups -OCH3 is 1. The molecule has 0 radical (unpaired) electrons. The monoisotopic (exact) mass is 340 g/mol. The molecule has 1 amide bonds. The number of hydrogen-bond donors (Lipinski definition) is 1. The average Bonchev–Trinajstić information content (AvgIpc) is 3.04. The smallest absolute Gasteiger partial charge is 0.343 e. The zero-order valence-corrected chi connectivity index (χ0v) is 13.7. The van der Waals surface area contributed by atoms with Gasteiger partial charge in [-0.2, -0.15) is 0 Å². The molecule has 0 aliphatic heterocycles. The number of carbonyl (C=O) groups is 2. The molecular formula is C18H16N2O5. The number of hydrogen-bond acceptors (Lipinski definition) is 6. The van der Waals surface area contributed by atoms with E-state index in [0.29, 0.717) is 22.5 Å². The van der Waals surface area contributed by atoms with E-state index in [0.717, 1.165) is 5.69 Å². The van der Waals surface area contributed by atoms with Crippen LogP contribution in [-0.4, -0.2) is 30.6 Å². The van der Waals surface area contributed by atoms with Gasteiger partial charge in [0.1, 0.15) is 11.3 Å². The van der Waals surface area contributed by atoms with Gasteiger partial charge < -0.3 is 19.2 Å². The zero-order valence-electron chi connectivity index (χ0n) is 13.7. The summed E-state index contributed by atoms with van der Waals surface area (Å²) in [5, 5.41) is 2.73. The van der Waals surface area contributed by atoms with Crippen molar-refractivity contribution < 1.29 is 23.5 Å². The highest BCUT2D eigenvalue weighted by Gasteiger charge is 2.13. The lowest BCUT2D eigenvalue weighted by molar-refractivity contribution is -0.142. The van der Waals surface area contributed by atoms with E-state index in [1.807, 2.05) is 13.0 Å². The van der Waals surface area contributed by atoms with Gasteiger partial charge in [0.2, 0.25) is 0 Å². The number of anilines is 1. The Labute approximate surface area is 143 Å². The molecule has 3 rings (SSSR count). The van der Waals surface area contributed by atoms with Gasteiger partial charge in [0.25, 0.3) is 5.91 Å². The van der Waals surface area contributed by atoms with Crippen LogP contribution < -0.4 is 10.1 Å². The second-order valence-corrected chi connectivity index (χ2v) is 5.29. The molecule has 25 heavy (non-hydrogen) atoms. The maximum atomic E-state index is 12.3. The Bertz CT molecular complexity index is 915. The number of nitrogens with zero attached hydrogens (tertiary/aromatic N) is 1. The molecule has 3 aromatic rings. The normalized spacial score (nSPS) is 10.5. The van der Waals surface area contributed by atoms with Crippen LogP contribution in [0.1, 0.15) is 16.2 Å². The fraction of sp³-hybridized carbons (Fsp3) is 0.167. The van der Waals surface area contributed by atoms with Crippen LogP contribution in [0.2, 0.25) is 0 Å². The summed E-state index contributed by atoms with van der Waals surface area (Å²) in [6, 6.07) is 11.8. The molecule has 0 unspecified atom stereocenters. The van der Waals surface area contributed by atoms with Crippen molar-refractivity contribution in [3.05, 3.63) is 53.9 Å². The summed E-state index contributed by atoms with van der Waals surface area (Å²) < 4.78 is 15.2. The van der Waals surface area contributed by atoms with Crippen LogP contribution in [0.5, 0.6) is 5.75 Å². The Morgan fingerprint density at radius 2 is 1.92 bits per heavy atom. The number of aromatic nitrogens is 1. The molecule has 0 bridgehead atoms. The first-order valence-corrected chi connectivity index (χ1v) is 7.53. The summed E-state index contributed by atoms with van der Waals surface area (Å²) in [5.74, 6) is -0.170. The van der Waals surface area contributed by atoms with Gasteiger partial charge >= 0.3 is 5.97 Å². The number of pyridine rings is 1. The number of carbonyl (C=O) groups excluding carboxylic acids is 2. The molecule has 0 aliphatic rings. The van der Waals surface area contributed by atoms with E-state index in [4.69, 9.17) is 9.15 Å². The third-order valence-corrected chi connectivity index (χ3v) is 3.43. The lowest BCUT2D eigenvalue weighted by Gasteiger charge is -2.06. The van der Waals surface area contributed by atoms with Crippen LogP contribution in [0.25, 0.3) is 11.1 Å². The molecular weight excluding hydrogens is 324 g/mol. The predicted molar refractivity (Wildman–Crippen MR) is 90.7 cm³/mol. The third-order valence-electron chi connectivity index (χ3n) is 3.43. The Kier molecular flexibility index (Phi) is 4.65. The predicted octanol–water partition coefficient (Wildman–Crippen LogP) is 2.94. The number of benzene rings is 1. The first-order valence-electron chi connectivity index (χ1n) is 7.53. The number of furan rings is 1. The van der Waals surface area contributed by atoms with Gasteiger partial charge in [-0.25, -0.2) is 9.78 Å². The van der Waals surface area contributed by atoms with Crippen LogP contribution in [-0.2, 0) is 9.53 Å². The molecule has 7 nitrogen and oxygen atoms in total. The molecule has 0 fully saturated rings. The van der Waals surface area contributed by atoms with Crippen molar-refractivity contribution in [2.75, 3.05) is 19.0 Å². The van der Waals surface area contributed by atoms with Gasteiger partial charge in [-0.15, -0.1) is 0 Å². The van der Waals surface area contributed by atoms with E-state index in [-0.39, 0.29) is 18.3 Å². The molecule has 7 heteroatoms. The molecule has 0 saturated heterocycles. The Balaban J connectivity index is 1.66. The topological polar surface area (TPSA) is 90.7 Å². The van der Waals surface area contributed by atoms with Crippen molar-refractivity contribution >= 4 is 28.7 Å². The van der Waals surface area contributed by atoms with Crippen molar-refractivity contribution in [1.82, 2.24) is 4.98 Å². The quantitative estimate of drug-likeness (QED) is 0.718. The van der Waals surface area contributed by atoms with E-state index < -0.39 is 5.97 Å². The summed E-state index contributed by atoms with van der Waals surface area (Å²) in [5.41, 5.74) is 2.61. The lowest BCUT2D eigenvalue weighted by atomic mass is 10.3. The molecule has 0 saturated carbocycles. The van der Waals surface area contributed by atoms with Crippen LogP contribution in [0.4, 0.5) is 5.69 Å². The molecule has 0 atom stereocenters. The number of fused-ring (bicyclic) bond motifs is 1. The maximum Gasteiger partial charge on any atom is 0.343 e. The van der Waals surface area contributed by atoms with Gasteiger partial charge in [-0.05, 0) is 43.3 Å². The molecule has 2 aromatic heterocycles. The third kappa shape index (κ3) is 3.95. The van der Waals surface area contributed by atoms with Crippen LogP contribution in [0, 0.1) is 6.92 Å². The molecule has 2 heterocycles. The number of ether oxygens (including phenoxy) is 2. The largest absolute Gasteiger partial charge is 0.482 e. The van der Waals surface area contributed by atoms with Crippen molar-refractivity contribution in [3.63, 3.8) is 0 Å². The summed E-state index contributed by atoms with van der Waals surface area (Å²) in [7, 11) is 1.29. The van der Waals surface area contributed by atoms with Gasteiger partial charge in [0, 0.05) is 17.4 Å². The maximum absolute atomic E-state index is 12.3. The van der Waals surface area contributed by atoms with Gasteiger partial charge in [0.15, 0.2) is 18.0 Å². The Hall–Kier alpha value is -3.35. The van der Waals surface area contributed by atoms with Gasteiger partial charge in [-0.3, -0.25) is 4.79 Å². The van der Waals surface area contributed by atoms with E-state index in [2.05, 4.69) is 15.0 Å². The SMILES string of the molecule is COC(=O)COc1ccc(NC(=O)c2cc3nc(C)ccc3o2)cc1. The number of amides is 1. The second-order valence-electron chi connectivity index (χ2n) is 5.29. The van der Waals surface area contributed by atoms with Crippen LogP contribution in [0.15, 0.2) is 46.9 Å². The lowest BCUT2D eigenvalue weighted by Crippen LogP contribution is -2.13. The fourth-order valence-corrected chi connectivity index (χ4v) is 2.17. The summed E-state index contributed by atoms with van der Waals surface area (Å²) in [6.07, 6.45) is 0. The first kappa shape index (κ1) is 16.5. The highest BCUT2D eigenvalue weighted by Crippen LogP contribution is 2.20. The van der Waals surface area contributed by atoms with Gasteiger partial charge in [0.05, 0.1) is 7.11 Å². The van der Waals surface area contributed by atoms with Crippen molar-refractivity contribution in [3.8, 4) is 5.75 Å². The summed E-state index contributed by atoms with van der Waals surface area (Å²) in [6.45, 7) is 1.70. The van der Waals surface area contributed by atoms with Crippen molar-refractivity contribution in [2.24, 2.45) is 0 Å². The first-order chi connectivity index (χ1) is 12.0. The number of nitrogens with one attached hydrogen (secondary N) is 1. The number of esters is 1. The molecule has 0 spiro atoms. The summed E-state index contributed by atoms with van der Waals surface area (Å²) >= 11 is 0. The average molecular weight is 340 g/mol. The van der Waals surface area contributed by atoms with Crippen molar-refractivity contribution in [2.45, 2.75) is 6.92 Å². The highest BCUT2D eigenvalue weighted by atomic mass is 16.6. The fourth-order valence-electron chi connectivity index (χ4n) is 2.17. The molecule has 1 aromatic carbocycles. The van der Waals surface area contributed by atoms with E-state index in [9.17, 15) is 9.59 Å². The highest BCUT2D eigenvalue weighted by molar-refractivity contribution is 6.04. The van der Waals surface area contributed by atoms with Crippen LogP contribution >= 0.6 is 0 Å². The summed E-state index contributed by atoms with van der Waals surface area (Å²) in [4.78, 5) is 27.6. The Morgan fingerprint density at radius 3 is 2.64 bits per heavy atom. The molecule has 128 valence electrons. The van der Waals surface area contributed by atoms with Crippen molar-refractivity contribution in [1.29, 1.82) is 0 Å². The number of aryl methyl sites for hydroxylation is 1. The van der Waals surface area contributed by atoms with Crippen LogP contribution in [0.3, 0.4) is 0 Å².